The van der Waals surface area contributed by atoms with Crippen LogP contribution in [0.1, 0.15) is 50.7 Å². The van der Waals surface area contributed by atoms with Gasteiger partial charge in [-0.25, -0.2) is 0 Å². The Morgan fingerprint density at radius 3 is 2.60 bits per heavy atom. The molecule has 1 amide bonds. The van der Waals surface area contributed by atoms with E-state index in [1.165, 1.54) is 19.9 Å². The van der Waals surface area contributed by atoms with Crippen LogP contribution in [-0.2, 0) is 24.5 Å². The maximum absolute atomic E-state index is 13.3. The maximum Gasteiger partial charge on any atom is 0.308 e. The molecule has 2 fully saturated rings. The average Bonchev–Trinajstić information content (AvgIpc) is 2.90. The second-order valence-electron chi connectivity index (χ2n) is 10.8. The minimum Gasteiger partial charge on any atom is -0.508 e. The summed E-state index contributed by atoms with van der Waals surface area (Å²) in [5.74, 6) is -0.339. The molecule has 1 aliphatic carbocycles. The Hall–Kier alpha value is -3.91. The highest BCUT2D eigenvalue weighted by molar-refractivity contribution is 5.91. The number of likely N-dealkylation sites (N-methyl/N-ethyl adjacent to an activating group) is 1. The summed E-state index contributed by atoms with van der Waals surface area (Å²) in [5, 5.41) is 9.74. The number of phenolic OH excluding ortho intramolecular Hbond substituents is 1. The molecule has 2 aromatic carbocycles. The molecule has 8 nitrogen and oxygen atoms in total. The molecule has 0 radical (unpaired) electrons. The van der Waals surface area contributed by atoms with E-state index < -0.39 is 17.0 Å². The molecule has 4 rings (SSSR count). The first-order valence-corrected chi connectivity index (χ1v) is 13.6. The predicted octanol–water partition coefficient (Wildman–Crippen LogP) is 4.47. The fourth-order valence-corrected chi connectivity index (χ4v) is 6.45. The number of benzene rings is 2. The van der Waals surface area contributed by atoms with Crippen molar-refractivity contribution in [2.45, 2.75) is 56.6 Å². The van der Waals surface area contributed by atoms with Gasteiger partial charge in [-0.3, -0.25) is 19.3 Å². The van der Waals surface area contributed by atoms with Crippen molar-refractivity contribution in [1.29, 1.82) is 0 Å². The molecule has 0 aromatic heterocycles. The van der Waals surface area contributed by atoms with E-state index in [1.54, 1.807) is 42.3 Å². The van der Waals surface area contributed by atoms with Crippen LogP contribution in [0.3, 0.4) is 0 Å². The van der Waals surface area contributed by atoms with Crippen molar-refractivity contribution in [2.24, 2.45) is 0 Å². The summed E-state index contributed by atoms with van der Waals surface area (Å²) in [6, 6.07) is 14.1. The van der Waals surface area contributed by atoms with Crippen LogP contribution in [0.2, 0.25) is 0 Å². The van der Waals surface area contributed by atoms with E-state index in [0.717, 1.165) is 17.7 Å². The second kappa shape index (κ2) is 12.1. The van der Waals surface area contributed by atoms with Crippen molar-refractivity contribution in [2.75, 3.05) is 26.7 Å². The van der Waals surface area contributed by atoms with Crippen LogP contribution in [0.5, 0.6) is 11.5 Å². The van der Waals surface area contributed by atoms with Gasteiger partial charge >= 0.3 is 11.9 Å². The number of aromatic hydroxyl groups is 1. The third-order valence-electron chi connectivity index (χ3n) is 8.23. The number of esters is 2. The van der Waals surface area contributed by atoms with Gasteiger partial charge in [0, 0.05) is 51.5 Å². The van der Waals surface area contributed by atoms with Crippen molar-refractivity contribution in [1.82, 2.24) is 9.80 Å². The average molecular weight is 547 g/mol. The molecule has 1 saturated heterocycles. The monoisotopic (exact) mass is 546 g/mol. The lowest BCUT2D eigenvalue weighted by Gasteiger charge is -2.60. The van der Waals surface area contributed by atoms with Crippen molar-refractivity contribution < 1.29 is 29.0 Å². The van der Waals surface area contributed by atoms with Gasteiger partial charge in [0.25, 0.3) is 0 Å². The van der Waals surface area contributed by atoms with Gasteiger partial charge in [0.05, 0.1) is 0 Å². The number of rotatable bonds is 8. The molecule has 1 aliphatic heterocycles. The SMILES string of the molecule is C=CCN1CCC2(c3cccc(OC(C)=O)c3)CC(N(C)C(=O)/C=C/c3cccc(O)c3)CCC2(OC(C)=O)C1. The molecule has 3 atom stereocenters. The van der Waals surface area contributed by atoms with Gasteiger partial charge in [0.2, 0.25) is 5.91 Å². The summed E-state index contributed by atoms with van der Waals surface area (Å²) >= 11 is 0. The third-order valence-corrected chi connectivity index (χ3v) is 8.23. The zero-order valence-corrected chi connectivity index (χ0v) is 23.5. The quantitative estimate of drug-likeness (QED) is 0.226. The van der Waals surface area contributed by atoms with Gasteiger partial charge in [-0.2, -0.15) is 0 Å². The maximum atomic E-state index is 13.3. The summed E-state index contributed by atoms with van der Waals surface area (Å²) < 4.78 is 11.7. The van der Waals surface area contributed by atoms with Crippen LogP contribution in [0, 0.1) is 0 Å². The molecular weight excluding hydrogens is 508 g/mol. The standard InChI is InChI=1S/C32H38N2O6/c1-5-17-34-18-16-31(26-9-7-11-29(20-26)39-23(2)35)21-27(14-15-32(31,22-34)40-24(3)36)33(4)30(38)13-12-25-8-6-10-28(37)19-25/h5-13,19-20,27,37H,1,14-18,21-22H2,2-4H3/b13-12+. The zero-order valence-electron chi connectivity index (χ0n) is 23.5. The number of amides is 1. The van der Waals surface area contributed by atoms with E-state index in [2.05, 4.69) is 11.5 Å². The lowest BCUT2D eigenvalue weighted by molar-refractivity contribution is -0.189. The van der Waals surface area contributed by atoms with Crippen LogP contribution in [0.15, 0.2) is 67.3 Å². The molecule has 212 valence electrons. The molecule has 1 heterocycles. The first-order valence-electron chi connectivity index (χ1n) is 13.6. The van der Waals surface area contributed by atoms with Crippen molar-refractivity contribution >= 4 is 23.9 Å². The molecule has 2 aromatic rings. The van der Waals surface area contributed by atoms with Gasteiger partial charge in [-0.05, 0) is 73.7 Å². The van der Waals surface area contributed by atoms with Gasteiger partial charge in [-0.15, -0.1) is 6.58 Å². The highest BCUT2D eigenvalue weighted by Gasteiger charge is 2.61. The minimum atomic E-state index is -0.827. The molecule has 3 unspecified atom stereocenters. The normalized spacial score (nSPS) is 24.6. The van der Waals surface area contributed by atoms with Crippen molar-refractivity contribution in [3.8, 4) is 11.5 Å². The number of ether oxygens (including phenoxy) is 2. The zero-order chi connectivity index (χ0) is 28.9. The number of hydrogen-bond acceptors (Lipinski definition) is 7. The number of piperidine rings is 1. The summed E-state index contributed by atoms with van der Waals surface area (Å²) in [7, 11) is 1.80. The topological polar surface area (TPSA) is 96.4 Å². The minimum absolute atomic E-state index is 0.117. The first kappa shape index (κ1) is 29.1. The fourth-order valence-electron chi connectivity index (χ4n) is 6.45. The number of carbonyl (C=O) groups is 3. The van der Waals surface area contributed by atoms with E-state index in [4.69, 9.17) is 9.47 Å². The number of fused-ring (bicyclic) bond motifs is 1. The van der Waals surface area contributed by atoms with Crippen LogP contribution in [0.25, 0.3) is 6.08 Å². The largest absolute Gasteiger partial charge is 0.508 e. The number of nitrogens with zero attached hydrogens (tertiary/aromatic N) is 2. The number of phenols is 1. The third kappa shape index (κ3) is 6.12. The summed E-state index contributed by atoms with van der Waals surface area (Å²) in [4.78, 5) is 41.6. The number of carbonyl (C=O) groups excluding carboxylic acids is 3. The lowest BCUT2D eigenvalue weighted by Crippen LogP contribution is -2.68. The molecule has 2 aliphatic rings. The lowest BCUT2D eigenvalue weighted by atomic mass is 9.55. The van der Waals surface area contributed by atoms with E-state index >= 15 is 0 Å². The van der Waals surface area contributed by atoms with Gasteiger partial charge in [-0.1, -0.05) is 30.3 Å². The second-order valence-corrected chi connectivity index (χ2v) is 10.8. The molecular formula is C32H38N2O6. The smallest absolute Gasteiger partial charge is 0.308 e. The Kier molecular flexibility index (Phi) is 8.79. The Morgan fingerprint density at radius 2 is 1.90 bits per heavy atom. The van der Waals surface area contributed by atoms with Crippen molar-refractivity contribution in [3.63, 3.8) is 0 Å². The highest BCUT2D eigenvalue weighted by atomic mass is 16.6. The molecule has 1 saturated carbocycles. The highest BCUT2D eigenvalue weighted by Crippen LogP contribution is 2.54. The predicted molar refractivity (Wildman–Crippen MR) is 153 cm³/mol. The van der Waals surface area contributed by atoms with Gasteiger partial charge in [0.15, 0.2) is 0 Å². The number of hydrogen-bond donors (Lipinski definition) is 1. The molecule has 8 heteroatoms. The van der Waals surface area contributed by atoms with E-state index in [1.807, 2.05) is 30.3 Å². The molecule has 40 heavy (non-hydrogen) atoms. The van der Waals surface area contributed by atoms with Gasteiger partial charge in [0.1, 0.15) is 17.1 Å². The van der Waals surface area contributed by atoms with E-state index in [-0.39, 0.29) is 23.7 Å². The summed E-state index contributed by atoms with van der Waals surface area (Å²) in [5.41, 5.74) is 0.213. The van der Waals surface area contributed by atoms with Crippen molar-refractivity contribution in [3.05, 3.63) is 78.4 Å². The summed E-state index contributed by atoms with van der Waals surface area (Å²) in [6.07, 6.45) is 7.55. The fraction of sp³-hybridized carbons (Fsp3) is 0.406. The van der Waals surface area contributed by atoms with Crippen LogP contribution in [0.4, 0.5) is 0 Å². The van der Waals surface area contributed by atoms with E-state index in [0.29, 0.717) is 44.5 Å². The first-order chi connectivity index (χ1) is 19.1. The Balaban J connectivity index is 1.71. The Labute approximate surface area is 235 Å². The molecule has 0 spiro atoms. The van der Waals surface area contributed by atoms with Crippen LogP contribution in [-0.4, -0.2) is 71.1 Å². The Morgan fingerprint density at radius 1 is 1.12 bits per heavy atom. The van der Waals surface area contributed by atoms with Gasteiger partial charge < -0.3 is 19.5 Å². The molecule has 1 N–H and O–H groups in total. The van der Waals surface area contributed by atoms with Crippen LogP contribution >= 0.6 is 0 Å². The Bertz CT molecular complexity index is 1310. The summed E-state index contributed by atoms with van der Waals surface area (Å²) in [6.45, 7) is 8.67. The van der Waals surface area contributed by atoms with E-state index in [9.17, 15) is 19.5 Å². The number of likely N-dealkylation sites (tertiary alicyclic amines) is 1. The molecule has 0 bridgehead atoms. The van der Waals surface area contributed by atoms with Crippen LogP contribution < -0.4 is 4.74 Å².